The lowest BCUT2D eigenvalue weighted by Crippen LogP contribution is -2.31. The van der Waals surface area contributed by atoms with Crippen LogP contribution in [0.5, 0.6) is 0 Å². The summed E-state index contributed by atoms with van der Waals surface area (Å²) in [6, 6.07) is 16.1. The van der Waals surface area contributed by atoms with Crippen molar-refractivity contribution in [1.82, 2.24) is 29.6 Å². The van der Waals surface area contributed by atoms with E-state index in [-0.39, 0.29) is 17.6 Å². The van der Waals surface area contributed by atoms with Gasteiger partial charge in [0.15, 0.2) is 5.16 Å². The number of nitrogens with one attached hydrogen (secondary N) is 2. The molecule has 2 amide bonds. The number of imidazole rings is 1. The number of anilines is 1. The molecule has 0 spiro atoms. The maximum atomic E-state index is 13.1. The van der Waals surface area contributed by atoms with E-state index in [1.54, 1.807) is 41.4 Å². The van der Waals surface area contributed by atoms with Gasteiger partial charge in [0, 0.05) is 37.7 Å². The van der Waals surface area contributed by atoms with Crippen LogP contribution in [0.4, 0.5) is 5.69 Å². The Morgan fingerprint density at radius 3 is 2.58 bits per heavy atom. The third-order valence-electron chi connectivity index (χ3n) is 4.94. The fraction of sp³-hybridized carbons (Fsp3) is 0.174. The summed E-state index contributed by atoms with van der Waals surface area (Å²) in [6.45, 7) is 0. The van der Waals surface area contributed by atoms with Gasteiger partial charge in [0.1, 0.15) is 18.2 Å². The molecule has 1 atom stereocenters. The number of aromatic nitrogens is 5. The van der Waals surface area contributed by atoms with Crippen LogP contribution in [0.25, 0.3) is 0 Å². The molecule has 0 saturated heterocycles. The quantitative estimate of drug-likeness (QED) is 0.391. The molecule has 9 nitrogen and oxygen atoms in total. The molecule has 2 heterocycles. The number of thioether (sulfide) groups is 1. The van der Waals surface area contributed by atoms with Gasteiger partial charge < -0.3 is 19.8 Å². The van der Waals surface area contributed by atoms with Crippen LogP contribution in [0.15, 0.2) is 78.5 Å². The van der Waals surface area contributed by atoms with Crippen LogP contribution in [0, 0.1) is 0 Å². The van der Waals surface area contributed by atoms with Crippen LogP contribution < -0.4 is 10.6 Å². The average Bonchev–Trinajstić information content (AvgIpc) is 3.44. The number of amides is 2. The van der Waals surface area contributed by atoms with E-state index in [0.29, 0.717) is 16.4 Å². The summed E-state index contributed by atoms with van der Waals surface area (Å²) in [5.41, 5.74) is 1.90. The van der Waals surface area contributed by atoms with Gasteiger partial charge in [-0.1, -0.05) is 48.2 Å². The minimum atomic E-state index is -0.417. The van der Waals surface area contributed by atoms with Crippen molar-refractivity contribution >= 4 is 29.3 Å². The monoisotopic (exact) mass is 461 g/mol. The van der Waals surface area contributed by atoms with E-state index < -0.39 is 6.04 Å². The SMILES string of the molecule is Cn1cnnc1SCC(=O)Nc1cccc(C(=O)N[C@@H](c2ccccc2)c2nccn2C)c1. The molecule has 0 saturated carbocycles. The van der Waals surface area contributed by atoms with Gasteiger partial charge in [-0.2, -0.15) is 0 Å². The van der Waals surface area contributed by atoms with Gasteiger partial charge >= 0.3 is 0 Å². The summed E-state index contributed by atoms with van der Waals surface area (Å²) in [5, 5.41) is 14.3. The number of carbonyl (C=O) groups is 2. The van der Waals surface area contributed by atoms with Crippen LogP contribution in [-0.4, -0.2) is 41.9 Å². The molecular formula is C23H23N7O2S. The van der Waals surface area contributed by atoms with Crippen molar-refractivity contribution in [2.75, 3.05) is 11.1 Å². The van der Waals surface area contributed by atoms with Crippen molar-refractivity contribution in [3.8, 4) is 0 Å². The smallest absolute Gasteiger partial charge is 0.252 e. The van der Waals surface area contributed by atoms with Crippen molar-refractivity contribution in [2.45, 2.75) is 11.2 Å². The molecule has 2 aromatic carbocycles. The second-order valence-electron chi connectivity index (χ2n) is 7.36. The first-order valence-electron chi connectivity index (χ1n) is 10.2. The lowest BCUT2D eigenvalue weighted by molar-refractivity contribution is -0.113. The molecule has 0 unspecified atom stereocenters. The zero-order valence-electron chi connectivity index (χ0n) is 18.2. The lowest BCUT2D eigenvalue weighted by Gasteiger charge is -2.19. The number of rotatable bonds is 8. The topological polar surface area (TPSA) is 107 Å². The van der Waals surface area contributed by atoms with Crippen LogP contribution in [0.1, 0.15) is 27.8 Å². The highest BCUT2D eigenvalue weighted by Crippen LogP contribution is 2.21. The van der Waals surface area contributed by atoms with Crippen LogP contribution in [-0.2, 0) is 18.9 Å². The van der Waals surface area contributed by atoms with Gasteiger partial charge in [0.2, 0.25) is 5.91 Å². The predicted octanol–water partition coefficient (Wildman–Crippen LogP) is 2.80. The van der Waals surface area contributed by atoms with E-state index >= 15 is 0 Å². The highest BCUT2D eigenvalue weighted by Gasteiger charge is 2.21. The zero-order chi connectivity index (χ0) is 23.2. The minimum Gasteiger partial charge on any atom is -0.338 e. The Morgan fingerprint density at radius 2 is 1.88 bits per heavy atom. The standard InChI is InChI=1S/C23H23N7O2S/c1-29-12-11-24-21(29)20(16-7-4-3-5-8-16)27-22(32)17-9-6-10-18(13-17)26-19(31)14-33-23-28-25-15-30(23)2/h3-13,15,20H,14H2,1-2H3,(H,26,31)(H,27,32)/t20-/m0/s1. The van der Waals surface area contributed by atoms with Crippen molar-refractivity contribution < 1.29 is 9.59 Å². The highest BCUT2D eigenvalue weighted by molar-refractivity contribution is 7.99. The number of aryl methyl sites for hydroxylation is 2. The van der Waals surface area contributed by atoms with Gasteiger partial charge in [-0.3, -0.25) is 9.59 Å². The molecule has 33 heavy (non-hydrogen) atoms. The van der Waals surface area contributed by atoms with Crippen LogP contribution >= 0.6 is 11.8 Å². The van der Waals surface area contributed by atoms with Gasteiger partial charge in [-0.15, -0.1) is 10.2 Å². The Labute approximate surface area is 195 Å². The summed E-state index contributed by atoms with van der Waals surface area (Å²) in [5.74, 6) is 0.435. The third-order valence-corrected chi connectivity index (χ3v) is 5.97. The van der Waals surface area contributed by atoms with Gasteiger partial charge in [-0.05, 0) is 23.8 Å². The summed E-state index contributed by atoms with van der Waals surface area (Å²) >= 11 is 1.29. The van der Waals surface area contributed by atoms with Crippen LogP contribution in [0.3, 0.4) is 0 Å². The average molecular weight is 462 g/mol. The van der Waals surface area contributed by atoms with Crippen molar-refractivity contribution in [2.24, 2.45) is 14.1 Å². The molecule has 10 heteroatoms. The first-order chi connectivity index (χ1) is 16.0. The Balaban J connectivity index is 1.45. The van der Waals surface area contributed by atoms with E-state index in [4.69, 9.17) is 0 Å². The van der Waals surface area contributed by atoms with E-state index in [9.17, 15) is 9.59 Å². The molecule has 0 aliphatic carbocycles. The Hall–Kier alpha value is -3.92. The van der Waals surface area contributed by atoms with Crippen molar-refractivity contribution in [1.29, 1.82) is 0 Å². The first-order valence-corrected chi connectivity index (χ1v) is 11.2. The number of carbonyl (C=O) groups excluding carboxylic acids is 2. The highest BCUT2D eigenvalue weighted by atomic mass is 32.2. The first kappa shape index (κ1) is 22.3. The van der Waals surface area contributed by atoms with E-state index in [1.807, 2.05) is 55.2 Å². The second kappa shape index (κ2) is 10.1. The molecule has 2 aromatic heterocycles. The lowest BCUT2D eigenvalue weighted by atomic mass is 10.1. The fourth-order valence-corrected chi connectivity index (χ4v) is 3.97. The molecule has 0 bridgehead atoms. The number of benzene rings is 2. The Kier molecular flexibility index (Phi) is 6.84. The molecule has 0 radical (unpaired) electrons. The molecule has 0 fully saturated rings. The van der Waals surface area contributed by atoms with E-state index in [2.05, 4.69) is 25.8 Å². The van der Waals surface area contributed by atoms with Gasteiger partial charge in [0.25, 0.3) is 5.91 Å². The maximum Gasteiger partial charge on any atom is 0.252 e. The molecule has 4 rings (SSSR count). The molecule has 0 aliphatic heterocycles. The molecule has 4 aromatic rings. The Bertz CT molecular complexity index is 1250. The summed E-state index contributed by atoms with van der Waals surface area (Å²) in [6.07, 6.45) is 5.12. The zero-order valence-corrected chi connectivity index (χ0v) is 19.0. The molecule has 168 valence electrons. The summed E-state index contributed by atoms with van der Waals surface area (Å²) in [7, 11) is 3.70. The van der Waals surface area contributed by atoms with Gasteiger partial charge in [0.05, 0.1) is 5.75 Å². The number of nitrogens with zero attached hydrogens (tertiary/aromatic N) is 5. The van der Waals surface area contributed by atoms with Crippen molar-refractivity contribution in [3.05, 3.63) is 90.3 Å². The summed E-state index contributed by atoms with van der Waals surface area (Å²) in [4.78, 5) is 29.9. The largest absolute Gasteiger partial charge is 0.338 e. The molecular weight excluding hydrogens is 438 g/mol. The predicted molar refractivity (Wildman–Crippen MR) is 126 cm³/mol. The summed E-state index contributed by atoms with van der Waals surface area (Å²) < 4.78 is 3.62. The fourth-order valence-electron chi connectivity index (χ4n) is 3.28. The van der Waals surface area contributed by atoms with Crippen LogP contribution in [0.2, 0.25) is 0 Å². The normalized spacial score (nSPS) is 11.7. The van der Waals surface area contributed by atoms with E-state index in [0.717, 1.165) is 11.4 Å². The van der Waals surface area contributed by atoms with Crippen molar-refractivity contribution in [3.63, 3.8) is 0 Å². The molecule has 2 N–H and O–H groups in total. The number of hydrogen-bond acceptors (Lipinski definition) is 6. The third kappa shape index (κ3) is 5.47. The van der Waals surface area contributed by atoms with E-state index in [1.165, 1.54) is 11.8 Å². The second-order valence-corrected chi connectivity index (χ2v) is 8.30. The Morgan fingerprint density at radius 1 is 1.06 bits per heavy atom. The van der Waals surface area contributed by atoms with Gasteiger partial charge in [-0.25, -0.2) is 4.98 Å². The maximum absolute atomic E-state index is 13.1. The minimum absolute atomic E-state index is 0.179. The number of hydrogen-bond donors (Lipinski definition) is 2. The molecule has 0 aliphatic rings.